The zero-order chi connectivity index (χ0) is 33.0. The summed E-state index contributed by atoms with van der Waals surface area (Å²) in [7, 11) is 1.38. The Kier molecular flexibility index (Phi) is 10.6. The predicted molar refractivity (Wildman–Crippen MR) is 163 cm³/mol. The molecule has 11 nitrogen and oxygen atoms in total. The van der Waals surface area contributed by atoms with Crippen molar-refractivity contribution in [2.75, 3.05) is 13.7 Å². The predicted octanol–water partition coefficient (Wildman–Crippen LogP) is 2.88. The molecule has 1 aliphatic heterocycles. The van der Waals surface area contributed by atoms with Gasteiger partial charge < -0.3 is 26.2 Å². The highest BCUT2D eigenvalue weighted by Gasteiger charge is 2.54. The van der Waals surface area contributed by atoms with Crippen LogP contribution < -0.4 is 21.1 Å². The molecular weight excluding hydrogens is 591 g/mol. The molecule has 0 spiro atoms. The quantitative estimate of drug-likeness (QED) is 0.276. The lowest BCUT2D eigenvalue weighted by Crippen LogP contribution is -2.72. The van der Waals surface area contributed by atoms with Crippen molar-refractivity contribution in [1.82, 2.24) is 15.5 Å². The Labute approximate surface area is 259 Å². The average molecular weight is 629 g/mol. The van der Waals surface area contributed by atoms with Gasteiger partial charge in [0.2, 0.25) is 17.7 Å². The van der Waals surface area contributed by atoms with E-state index < -0.39 is 64.3 Å². The molecule has 236 valence electrons. The molecule has 5 amide bonds. The van der Waals surface area contributed by atoms with Gasteiger partial charge in [-0.05, 0) is 61.0 Å². The summed E-state index contributed by atoms with van der Waals surface area (Å²) in [6.07, 6.45) is -0.146. The zero-order valence-corrected chi connectivity index (χ0v) is 26.2. The van der Waals surface area contributed by atoms with Gasteiger partial charge in [-0.1, -0.05) is 45.0 Å². The summed E-state index contributed by atoms with van der Waals surface area (Å²) in [5, 5.41) is 15.6. The van der Waals surface area contributed by atoms with Crippen LogP contribution in [-0.4, -0.2) is 64.2 Å². The van der Waals surface area contributed by atoms with Gasteiger partial charge in [0.1, 0.15) is 24.1 Å². The van der Waals surface area contributed by atoms with Crippen LogP contribution in [0.4, 0.5) is 9.18 Å². The number of benzene rings is 2. The van der Waals surface area contributed by atoms with Crippen LogP contribution >= 0.6 is 11.8 Å². The van der Waals surface area contributed by atoms with Crippen LogP contribution in [0.1, 0.15) is 44.4 Å². The van der Waals surface area contributed by atoms with E-state index in [1.807, 2.05) is 0 Å². The first-order valence-corrected chi connectivity index (χ1v) is 14.6. The summed E-state index contributed by atoms with van der Waals surface area (Å²) in [5.41, 5.74) is 3.80. The molecule has 0 aliphatic carbocycles. The second kappa shape index (κ2) is 13.6. The number of hydrogen-bond acceptors (Lipinski definition) is 8. The highest BCUT2D eigenvalue weighted by molar-refractivity contribution is 8.18. The van der Waals surface area contributed by atoms with Crippen LogP contribution in [0.2, 0.25) is 0 Å². The molecule has 5 N–H and O–H groups in total. The Morgan fingerprint density at radius 3 is 2.39 bits per heavy atom. The van der Waals surface area contributed by atoms with Crippen LogP contribution in [0.25, 0.3) is 6.08 Å². The Balaban J connectivity index is 1.97. The highest BCUT2D eigenvalue weighted by Crippen LogP contribution is 2.32. The molecule has 1 heterocycles. The SMILES string of the molecule is Cc1ccc(CNC(=O)[C@H](COc2cccc(C=C3SC(=O)N(C)C3=O)c2)C(NC(=O)C(C)(C)C)(C(N)=O)C(C)O)c(F)c1. The van der Waals surface area contributed by atoms with Crippen molar-refractivity contribution in [3.63, 3.8) is 0 Å². The van der Waals surface area contributed by atoms with Crippen molar-refractivity contribution >= 4 is 46.7 Å². The van der Waals surface area contributed by atoms with Gasteiger partial charge in [-0.3, -0.25) is 28.9 Å². The molecule has 1 aliphatic rings. The van der Waals surface area contributed by atoms with Gasteiger partial charge >= 0.3 is 0 Å². The Morgan fingerprint density at radius 2 is 1.84 bits per heavy atom. The molecule has 3 rings (SSSR count). The molecular formula is C31H37FN4O7S. The number of carbonyl (C=O) groups excluding carboxylic acids is 5. The molecule has 0 radical (unpaired) electrons. The first-order valence-electron chi connectivity index (χ1n) is 13.7. The van der Waals surface area contributed by atoms with Crippen molar-refractivity contribution in [1.29, 1.82) is 0 Å². The summed E-state index contributed by atoms with van der Waals surface area (Å²) < 4.78 is 20.4. The van der Waals surface area contributed by atoms with Gasteiger partial charge in [0.15, 0.2) is 5.54 Å². The zero-order valence-electron chi connectivity index (χ0n) is 25.4. The van der Waals surface area contributed by atoms with Crippen LogP contribution in [0.5, 0.6) is 5.75 Å². The Morgan fingerprint density at radius 1 is 1.16 bits per heavy atom. The number of carbonyl (C=O) groups is 5. The number of rotatable bonds is 11. The van der Waals surface area contributed by atoms with Gasteiger partial charge in [-0.2, -0.15) is 0 Å². The van der Waals surface area contributed by atoms with Crippen LogP contribution in [0.3, 0.4) is 0 Å². The molecule has 0 bridgehead atoms. The minimum absolute atomic E-state index is 0.174. The lowest BCUT2D eigenvalue weighted by atomic mass is 9.77. The summed E-state index contributed by atoms with van der Waals surface area (Å²) in [6.45, 7) is 6.88. The van der Waals surface area contributed by atoms with Gasteiger partial charge in [0.25, 0.3) is 11.1 Å². The smallest absolute Gasteiger partial charge is 0.293 e. The summed E-state index contributed by atoms with van der Waals surface area (Å²) in [6, 6.07) is 10.9. The van der Waals surface area contributed by atoms with Crippen LogP contribution in [-0.2, 0) is 25.7 Å². The lowest BCUT2D eigenvalue weighted by molar-refractivity contribution is -0.149. The number of imide groups is 1. The summed E-state index contributed by atoms with van der Waals surface area (Å²) in [4.78, 5) is 65.3. The first-order chi connectivity index (χ1) is 20.5. The van der Waals surface area contributed by atoms with E-state index in [2.05, 4.69) is 10.6 Å². The minimum atomic E-state index is -2.32. The van der Waals surface area contributed by atoms with Gasteiger partial charge in [-0.15, -0.1) is 0 Å². The molecule has 13 heteroatoms. The third-order valence-electron chi connectivity index (χ3n) is 7.16. The van der Waals surface area contributed by atoms with Gasteiger partial charge in [0.05, 0.1) is 11.0 Å². The number of nitrogens with one attached hydrogen (secondary N) is 2. The average Bonchev–Trinajstić information content (AvgIpc) is 3.17. The van der Waals surface area contributed by atoms with E-state index in [9.17, 15) is 33.5 Å². The number of nitrogens with two attached hydrogens (primary N) is 1. The molecule has 2 unspecified atom stereocenters. The number of aryl methyl sites for hydroxylation is 1. The highest BCUT2D eigenvalue weighted by atomic mass is 32.2. The first kappa shape index (κ1) is 34.3. The maximum atomic E-state index is 14.5. The number of likely N-dealkylation sites (N-methyl/N-ethyl adjacent to an activating group) is 1. The number of primary amides is 1. The lowest BCUT2D eigenvalue weighted by Gasteiger charge is -2.41. The van der Waals surface area contributed by atoms with Crippen molar-refractivity contribution in [2.24, 2.45) is 17.1 Å². The largest absolute Gasteiger partial charge is 0.493 e. The van der Waals surface area contributed by atoms with E-state index in [-0.39, 0.29) is 22.8 Å². The standard InChI is InChI=1S/C31H37FN4O7S/c1-17-10-11-20(23(32)12-17)15-34-25(38)22(31(18(2)37,27(33)40)35-28(41)30(3,4)5)16-43-21-9-7-8-19(13-21)14-24-26(39)36(6)29(42)44-24/h7-14,18,22,37H,15-16H2,1-6H3,(H2,33,40)(H,34,38)(H,35,41)/t18?,22-,31?/m0/s1. The fourth-order valence-electron chi connectivity index (χ4n) is 4.38. The van der Waals surface area contributed by atoms with E-state index >= 15 is 0 Å². The third-order valence-corrected chi connectivity index (χ3v) is 8.12. The number of ether oxygens (including phenoxy) is 1. The van der Waals surface area contributed by atoms with Gasteiger partial charge in [0, 0.05) is 24.6 Å². The molecule has 3 atom stereocenters. The van der Waals surface area contributed by atoms with Crippen molar-refractivity contribution in [3.05, 3.63) is 69.9 Å². The fourth-order valence-corrected chi connectivity index (χ4v) is 5.21. The number of thioether (sulfide) groups is 1. The molecule has 1 fully saturated rings. The number of aliphatic hydroxyl groups excluding tert-OH is 1. The molecule has 1 saturated heterocycles. The monoisotopic (exact) mass is 628 g/mol. The number of nitrogens with zero attached hydrogens (tertiary/aromatic N) is 1. The van der Waals surface area contributed by atoms with Crippen molar-refractivity contribution < 1.29 is 38.2 Å². The van der Waals surface area contributed by atoms with Crippen LogP contribution in [0.15, 0.2) is 47.4 Å². The van der Waals surface area contributed by atoms with Gasteiger partial charge in [-0.25, -0.2) is 4.39 Å². The second-order valence-corrected chi connectivity index (χ2v) is 12.6. The van der Waals surface area contributed by atoms with Crippen LogP contribution in [0, 0.1) is 24.1 Å². The molecule has 2 aromatic rings. The van der Waals surface area contributed by atoms with E-state index in [4.69, 9.17) is 10.5 Å². The fraction of sp³-hybridized carbons (Fsp3) is 0.387. The minimum Gasteiger partial charge on any atom is -0.493 e. The molecule has 0 saturated carbocycles. The van der Waals surface area contributed by atoms with E-state index in [1.165, 1.54) is 32.2 Å². The van der Waals surface area contributed by atoms with E-state index in [0.29, 0.717) is 11.1 Å². The maximum Gasteiger partial charge on any atom is 0.293 e. The van der Waals surface area contributed by atoms with Crippen molar-refractivity contribution in [2.45, 2.75) is 52.8 Å². The topological polar surface area (TPSA) is 168 Å². The number of hydrogen-bond donors (Lipinski definition) is 4. The second-order valence-electron chi connectivity index (χ2n) is 11.6. The Bertz CT molecular complexity index is 1500. The van der Waals surface area contributed by atoms with Crippen molar-refractivity contribution in [3.8, 4) is 5.75 Å². The number of halogens is 1. The molecule has 2 aromatic carbocycles. The summed E-state index contributed by atoms with van der Waals surface area (Å²) in [5.74, 6) is -5.06. The van der Waals surface area contributed by atoms with E-state index in [0.717, 1.165) is 16.7 Å². The number of amides is 5. The van der Waals surface area contributed by atoms with E-state index in [1.54, 1.807) is 58.0 Å². The normalized spacial score (nSPS) is 17.2. The summed E-state index contributed by atoms with van der Waals surface area (Å²) >= 11 is 0.786. The molecule has 44 heavy (non-hydrogen) atoms. The molecule has 0 aromatic heterocycles. The number of aliphatic hydroxyl groups is 1. The third kappa shape index (κ3) is 7.64. The Hall–Kier alpha value is -4.23. The maximum absolute atomic E-state index is 14.5.